The van der Waals surface area contributed by atoms with Crippen molar-refractivity contribution >= 4 is 27.4 Å². The highest BCUT2D eigenvalue weighted by atomic mass is 32.1. The fraction of sp³-hybridized carbons (Fsp3) is 0.333. The van der Waals surface area contributed by atoms with Crippen molar-refractivity contribution < 1.29 is 0 Å². The van der Waals surface area contributed by atoms with Gasteiger partial charge in [-0.05, 0) is 38.4 Å². The fourth-order valence-electron chi connectivity index (χ4n) is 3.14. The smallest absolute Gasteiger partial charge is 0.139 e. The molecule has 0 aliphatic carbocycles. The average molecular weight is 324 g/mol. The molecule has 0 spiro atoms. The topological polar surface area (TPSA) is 49.8 Å². The summed E-state index contributed by atoms with van der Waals surface area (Å²) in [4.78, 5) is 10.4. The second kappa shape index (κ2) is 6.26. The first-order chi connectivity index (χ1) is 11.3. The van der Waals surface area contributed by atoms with Gasteiger partial charge in [-0.15, -0.1) is 11.3 Å². The molecule has 1 aliphatic heterocycles. The molecule has 0 unspecified atom stereocenters. The first-order valence-corrected chi connectivity index (χ1v) is 8.98. The summed E-state index contributed by atoms with van der Waals surface area (Å²) < 4.78 is 0. The molecule has 1 saturated heterocycles. The van der Waals surface area contributed by atoms with Gasteiger partial charge in [0.05, 0.1) is 5.39 Å². The number of aryl methyl sites for hydroxylation is 1. The van der Waals surface area contributed by atoms with Crippen molar-refractivity contribution in [2.24, 2.45) is 0 Å². The van der Waals surface area contributed by atoms with Gasteiger partial charge in [0.15, 0.2) is 0 Å². The monoisotopic (exact) mass is 324 g/mol. The van der Waals surface area contributed by atoms with Crippen LogP contribution in [0.25, 0.3) is 21.3 Å². The first kappa shape index (κ1) is 14.6. The maximum Gasteiger partial charge on any atom is 0.139 e. The van der Waals surface area contributed by atoms with Crippen molar-refractivity contribution in [3.63, 3.8) is 0 Å². The number of nitrogens with one attached hydrogen (secondary N) is 2. The highest BCUT2D eigenvalue weighted by Crippen LogP contribution is 2.37. The molecule has 5 heteroatoms. The molecule has 1 fully saturated rings. The van der Waals surface area contributed by atoms with E-state index in [1.165, 1.54) is 11.1 Å². The Labute approximate surface area is 140 Å². The summed E-state index contributed by atoms with van der Waals surface area (Å²) in [6.07, 6.45) is 2.27. The highest BCUT2D eigenvalue weighted by molar-refractivity contribution is 7.17. The Balaban J connectivity index is 1.80. The van der Waals surface area contributed by atoms with Crippen LogP contribution in [0.15, 0.2) is 35.7 Å². The van der Waals surface area contributed by atoms with E-state index in [1.54, 1.807) is 11.3 Å². The number of nitrogens with zero attached hydrogens (tertiary/aromatic N) is 2. The second-order valence-electron chi connectivity index (χ2n) is 5.98. The second-order valence-corrected chi connectivity index (χ2v) is 6.84. The third kappa shape index (κ3) is 2.94. The number of hydrogen-bond donors (Lipinski definition) is 2. The van der Waals surface area contributed by atoms with Crippen molar-refractivity contribution in [3.05, 3.63) is 41.5 Å². The molecule has 4 rings (SSSR count). The van der Waals surface area contributed by atoms with Crippen LogP contribution in [0.5, 0.6) is 0 Å². The van der Waals surface area contributed by atoms with Crippen LogP contribution < -0.4 is 10.6 Å². The molecule has 0 atom stereocenters. The number of rotatable bonds is 3. The van der Waals surface area contributed by atoms with Gasteiger partial charge in [-0.1, -0.05) is 30.3 Å². The molecule has 0 radical (unpaired) electrons. The summed E-state index contributed by atoms with van der Waals surface area (Å²) in [5.41, 5.74) is 2.45. The van der Waals surface area contributed by atoms with Crippen LogP contribution in [0.3, 0.4) is 0 Å². The molecule has 1 aromatic carbocycles. The van der Waals surface area contributed by atoms with Crippen LogP contribution in [0.1, 0.15) is 18.7 Å². The number of anilines is 1. The molecule has 3 aromatic rings. The van der Waals surface area contributed by atoms with E-state index in [9.17, 15) is 0 Å². The van der Waals surface area contributed by atoms with Crippen LogP contribution >= 0.6 is 11.3 Å². The molecule has 1 aliphatic rings. The minimum absolute atomic E-state index is 0.484. The van der Waals surface area contributed by atoms with Crippen LogP contribution in [0, 0.1) is 6.92 Å². The molecule has 2 aromatic heterocycles. The molecule has 0 bridgehead atoms. The number of fused-ring (bicyclic) bond motifs is 1. The maximum absolute atomic E-state index is 4.72. The summed E-state index contributed by atoms with van der Waals surface area (Å²) in [7, 11) is 0. The predicted octanol–water partition coefficient (Wildman–Crippen LogP) is 3.83. The van der Waals surface area contributed by atoms with E-state index in [4.69, 9.17) is 4.98 Å². The SMILES string of the molecule is Cc1nc(NC2CCNCC2)c2c(-c3ccccc3)csc2n1. The molecule has 0 saturated carbocycles. The summed E-state index contributed by atoms with van der Waals surface area (Å²) in [6.45, 7) is 4.11. The summed E-state index contributed by atoms with van der Waals surface area (Å²) >= 11 is 1.70. The molecule has 23 heavy (non-hydrogen) atoms. The standard InChI is InChI=1S/C18H20N4S/c1-12-20-17(22-14-7-9-19-10-8-14)16-15(11-23-18(16)21-12)13-5-3-2-4-6-13/h2-6,11,14,19H,7-10H2,1H3,(H,20,21,22). The first-order valence-electron chi connectivity index (χ1n) is 8.10. The van der Waals surface area contributed by atoms with Crippen LogP contribution in [0.2, 0.25) is 0 Å². The molecule has 4 nitrogen and oxygen atoms in total. The Morgan fingerprint density at radius 2 is 1.91 bits per heavy atom. The average Bonchev–Trinajstić information content (AvgIpc) is 3.00. The Morgan fingerprint density at radius 3 is 2.70 bits per heavy atom. The number of thiophene rings is 1. The lowest BCUT2D eigenvalue weighted by Gasteiger charge is -2.24. The number of aromatic nitrogens is 2. The fourth-order valence-corrected chi connectivity index (χ4v) is 4.14. The van der Waals surface area contributed by atoms with E-state index in [-0.39, 0.29) is 0 Å². The lowest BCUT2D eigenvalue weighted by atomic mass is 10.0. The van der Waals surface area contributed by atoms with E-state index in [2.05, 4.69) is 45.3 Å². The predicted molar refractivity (Wildman–Crippen MR) is 97.1 cm³/mol. The molecular weight excluding hydrogens is 304 g/mol. The summed E-state index contributed by atoms with van der Waals surface area (Å²) in [5, 5.41) is 10.4. The summed E-state index contributed by atoms with van der Waals surface area (Å²) in [6, 6.07) is 11.0. The Bertz CT molecular complexity index is 807. The largest absolute Gasteiger partial charge is 0.367 e. The van der Waals surface area contributed by atoms with Gasteiger partial charge in [0, 0.05) is 17.0 Å². The molecule has 118 valence electrons. The molecule has 3 heterocycles. The van der Waals surface area contributed by atoms with E-state index < -0.39 is 0 Å². The van der Waals surface area contributed by atoms with Gasteiger partial charge in [0.1, 0.15) is 16.5 Å². The van der Waals surface area contributed by atoms with Crippen molar-refractivity contribution in [1.82, 2.24) is 15.3 Å². The van der Waals surface area contributed by atoms with E-state index in [1.807, 2.05) is 13.0 Å². The van der Waals surface area contributed by atoms with Crippen molar-refractivity contribution in [2.45, 2.75) is 25.8 Å². The zero-order valence-corrected chi connectivity index (χ0v) is 14.0. The van der Waals surface area contributed by atoms with Gasteiger partial charge in [0.2, 0.25) is 0 Å². The molecule has 2 N–H and O–H groups in total. The molecule has 0 amide bonds. The maximum atomic E-state index is 4.72. The van der Waals surface area contributed by atoms with Gasteiger partial charge in [-0.3, -0.25) is 0 Å². The highest BCUT2D eigenvalue weighted by Gasteiger charge is 2.18. The van der Waals surface area contributed by atoms with Crippen molar-refractivity contribution in [3.8, 4) is 11.1 Å². The van der Waals surface area contributed by atoms with Gasteiger partial charge in [-0.25, -0.2) is 9.97 Å². The normalized spacial score (nSPS) is 15.9. The van der Waals surface area contributed by atoms with Crippen LogP contribution in [-0.4, -0.2) is 29.1 Å². The lowest BCUT2D eigenvalue weighted by molar-refractivity contribution is 0.478. The van der Waals surface area contributed by atoms with Gasteiger partial charge in [0.25, 0.3) is 0 Å². The number of benzene rings is 1. The van der Waals surface area contributed by atoms with Gasteiger partial charge >= 0.3 is 0 Å². The van der Waals surface area contributed by atoms with Gasteiger partial charge in [-0.2, -0.15) is 0 Å². The minimum Gasteiger partial charge on any atom is -0.367 e. The summed E-state index contributed by atoms with van der Waals surface area (Å²) in [5.74, 6) is 1.81. The number of piperidine rings is 1. The van der Waals surface area contributed by atoms with Gasteiger partial charge < -0.3 is 10.6 Å². The Hall–Kier alpha value is -1.98. The van der Waals surface area contributed by atoms with E-state index >= 15 is 0 Å². The quantitative estimate of drug-likeness (QED) is 0.769. The van der Waals surface area contributed by atoms with E-state index in [0.29, 0.717) is 6.04 Å². The van der Waals surface area contributed by atoms with Crippen molar-refractivity contribution in [1.29, 1.82) is 0 Å². The zero-order chi connectivity index (χ0) is 15.6. The van der Waals surface area contributed by atoms with Crippen LogP contribution in [0.4, 0.5) is 5.82 Å². The third-order valence-corrected chi connectivity index (χ3v) is 5.18. The number of hydrogen-bond acceptors (Lipinski definition) is 5. The molecular formula is C18H20N4S. The third-order valence-electron chi connectivity index (χ3n) is 4.31. The van der Waals surface area contributed by atoms with E-state index in [0.717, 1.165) is 47.8 Å². The Morgan fingerprint density at radius 1 is 1.13 bits per heavy atom. The minimum atomic E-state index is 0.484. The van der Waals surface area contributed by atoms with Crippen LogP contribution in [-0.2, 0) is 0 Å². The van der Waals surface area contributed by atoms with Crippen molar-refractivity contribution in [2.75, 3.05) is 18.4 Å². The zero-order valence-electron chi connectivity index (χ0n) is 13.2. The Kier molecular flexibility index (Phi) is 3.97. The lowest BCUT2D eigenvalue weighted by Crippen LogP contribution is -2.35.